The fourth-order valence-corrected chi connectivity index (χ4v) is 1.36. The molecule has 0 aliphatic rings. The largest absolute Gasteiger partial charge is 0.370 e. The molecule has 0 aromatic heterocycles. The molecule has 94 valence electrons. The summed E-state index contributed by atoms with van der Waals surface area (Å²) in [6.07, 6.45) is -0.662. The van der Waals surface area contributed by atoms with Gasteiger partial charge in [0.25, 0.3) is 5.91 Å². The monoisotopic (exact) mass is 240 g/mol. The molecule has 3 N–H and O–H groups in total. The van der Waals surface area contributed by atoms with Gasteiger partial charge < -0.3 is 15.8 Å². The van der Waals surface area contributed by atoms with Crippen LogP contribution in [0.1, 0.15) is 11.1 Å². The van der Waals surface area contributed by atoms with Crippen molar-refractivity contribution in [3.8, 4) is 0 Å². The predicted molar refractivity (Wildman–Crippen MR) is 62.8 cm³/mol. The van der Waals surface area contributed by atoms with Crippen LogP contribution in [0.4, 0.5) is 4.39 Å². The van der Waals surface area contributed by atoms with E-state index >= 15 is 0 Å². The number of benzene rings is 1. The molecular formula is C12H17FN2O2. The Morgan fingerprint density at radius 3 is 2.82 bits per heavy atom. The van der Waals surface area contributed by atoms with E-state index in [2.05, 4.69) is 5.32 Å². The summed E-state index contributed by atoms with van der Waals surface area (Å²) in [5.74, 6) is -0.574. The summed E-state index contributed by atoms with van der Waals surface area (Å²) in [4.78, 5) is 11.5. The topological polar surface area (TPSA) is 64.3 Å². The fraction of sp³-hybridized carbons (Fsp3) is 0.417. The second-order valence-corrected chi connectivity index (χ2v) is 3.76. The molecule has 1 atom stereocenters. The van der Waals surface area contributed by atoms with Gasteiger partial charge in [0.05, 0.1) is 0 Å². The molecule has 17 heavy (non-hydrogen) atoms. The third kappa shape index (κ3) is 3.80. The predicted octanol–water partition coefficient (Wildman–Crippen LogP) is 0.724. The number of amides is 1. The van der Waals surface area contributed by atoms with E-state index in [9.17, 15) is 9.18 Å². The van der Waals surface area contributed by atoms with Crippen LogP contribution in [-0.4, -0.2) is 25.7 Å². The fourth-order valence-electron chi connectivity index (χ4n) is 1.36. The average Bonchev–Trinajstić information content (AvgIpc) is 2.32. The molecule has 0 radical (unpaired) electrons. The van der Waals surface area contributed by atoms with Crippen LogP contribution in [-0.2, 0) is 16.1 Å². The molecule has 0 saturated heterocycles. The Morgan fingerprint density at radius 1 is 1.59 bits per heavy atom. The molecule has 1 unspecified atom stereocenters. The Kier molecular flexibility index (Phi) is 5.06. The lowest BCUT2D eigenvalue weighted by Gasteiger charge is -2.13. The van der Waals surface area contributed by atoms with E-state index in [0.29, 0.717) is 11.1 Å². The highest BCUT2D eigenvalue weighted by Crippen LogP contribution is 2.08. The van der Waals surface area contributed by atoms with Crippen LogP contribution in [0.25, 0.3) is 0 Å². The third-order valence-corrected chi connectivity index (χ3v) is 2.49. The van der Waals surface area contributed by atoms with E-state index in [0.717, 1.165) is 0 Å². The van der Waals surface area contributed by atoms with Crippen LogP contribution < -0.4 is 11.1 Å². The van der Waals surface area contributed by atoms with Crippen LogP contribution in [0.2, 0.25) is 0 Å². The third-order valence-electron chi connectivity index (χ3n) is 2.49. The van der Waals surface area contributed by atoms with Gasteiger partial charge in [-0.2, -0.15) is 0 Å². The molecule has 1 aromatic rings. The first-order valence-corrected chi connectivity index (χ1v) is 5.34. The van der Waals surface area contributed by atoms with E-state index in [-0.39, 0.29) is 24.8 Å². The van der Waals surface area contributed by atoms with Crippen LogP contribution in [0.3, 0.4) is 0 Å². The van der Waals surface area contributed by atoms with Gasteiger partial charge in [-0.3, -0.25) is 4.79 Å². The number of rotatable bonds is 5. The summed E-state index contributed by atoms with van der Waals surface area (Å²) >= 11 is 0. The van der Waals surface area contributed by atoms with Gasteiger partial charge in [-0.1, -0.05) is 12.1 Å². The summed E-state index contributed by atoms with van der Waals surface area (Å²) in [7, 11) is 1.42. The Balaban J connectivity index is 2.55. The molecule has 1 rings (SSSR count). The van der Waals surface area contributed by atoms with Crippen molar-refractivity contribution in [1.82, 2.24) is 5.32 Å². The number of aryl methyl sites for hydroxylation is 1. The second-order valence-electron chi connectivity index (χ2n) is 3.76. The standard InChI is InChI=1S/C12H17FN2O2/c1-8-3-4-9(5-10(8)13)7-15-12(16)11(6-14)17-2/h3-5,11H,6-7,14H2,1-2H3,(H,15,16). The molecule has 0 aliphatic carbocycles. The van der Waals surface area contributed by atoms with Crippen molar-refractivity contribution in [1.29, 1.82) is 0 Å². The molecule has 4 nitrogen and oxygen atoms in total. The van der Waals surface area contributed by atoms with Crippen molar-refractivity contribution in [2.75, 3.05) is 13.7 Å². The molecule has 0 spiro atoms. The van der Waals surface area contributed by atoms with Gasteiger partial charge in [-0.05, 0) is 24.1 Å². The maximum absolute atomic E-state index is 13.2. The highest BCUT2D eigenvalue weighted by molar-refractivity contribution is 5.80. The lowest BCUT2D eigenvalue weighted by molar-refractivity contribution is -0.130. The van der Waals surface area contributed by atoms with Gasteiger partial charge in [-0.15, -0.1) is 0 Å². The zero-order valence-corrected chi connectivity index (χ0v) is 10.00. The second kappa shape index (κ2) is 6.32. The molecule has 0 saturated carbocycles. The highest BCUT2D eigenvalue weighted by atomic mass is 19.1. The number of methoxy groups -OCH3 is 1. The molecule has 0 bridgehead atoms. The maximum Gasteiger partial charge on any atom is 0.250 e. The quantitative estimate of drug-likeness (QED) is 0.797. The van der Waals surface area contributed by atoms with Gasteiger partial charge in [0.1, 0.15) is 11.9 Å². The molecule has 1 amide bonds. The normalized spacial score (nSPS) is 12.2. The van der Waals surface area contributed by atoms with Gasteiger partial charge in [0, 0.05) is 20.2 Å². The van der Waals surface area contributed by atoms with Crippen molar-refractivity contribution in [3.05, 3.63) is 35.1 Å². The Bertz CT molecular complexity index is 392. The first-order valence-electron chi connectivity index (χ1n) is 5.34. The van der Waals surface area contributed by atoms with Crippen molar-refractivity contribution in [3.63, 3.8) is 0 Å². The van der Waals surface area contributed by atoms with Crippen molar-refractivity contribution in [2.45, 2.75) is 19.6 Å². The Labute approximate surface area is 100.0 Å². The summed E-state index contributed by atoms with van der Waals surface area (Å²) in [5.41, 5.74) is 6.63. The number of ether oxygens (including phenoxy) is 1. The summed E-state index contributed by atoms with van der Waals surface area (Å²) in [6, 6.07) is 4.84. The summed E-state index contributed by atoms with van der Waals surface area (Å²) in [6.45, 7) is 2.06. The van der Waals surface area contributed by atoms with Crippen molar-refractivity contribution >= 4 is 5.91 Å². The van der Waals surface area contributed by atoms with E-state index in [1.807, 2.05) is 0 Å². The van der Waals surface area contributed by atoms with Gasteiger partial charge in [0.15, 0.2) is 0 Å². The minimum Gasteiger partial charge on any atom is -0.370 e. The van der Waals surface area contributed by atoms with Crippen LogP contribution in [0, 0.1) is 12.7 Å². The highest BCUT2D eigenvalue weighted by Gasteiger charge is 2.14. The molecule has 1 aromatic carbocycles. The van der Waals surface area contributed by atoms with E-state index < -0.39 is 6.10 Å². The van der Waals surface area contributed by atoms with Gasteiger partial charge >= 0.3 is 0 Å². The molecule has 5 heteroatoms. The average molecular weight is 240 g/mol. The number of carbonyl (C=O) groups is 1. The molecule has 0 heterocycles. The van der Waals surface area contributed by atoms with Crippen LogP contribution in [0.15, 0.2) is 18.2 Å². The molecule has 0 aliphatic heterocycles. The molecule has 0 fully saturated rings. The minimum absolute atomic E-state index is 0.116. The first kappa shape index (κ1) is 13.6. The maximum atomic E-state index is 13.2. The number of halogens is 1. The number of nitrogens with two attached hydrogens (primary N) is 1. The lowest BCUT2D eigenvalue weighted by Crippen LogP contribution is -2.40. The zero-order chi connectivity index (χ0) is 12.8. The number of hydrogen-bond donors (Lipinski definition) is 2. The van der Waals surface area contributed by atoms with E-state index in [4.69, 9.17) is 10.5 Å². The van der Waals surface area contributed by atoms with Crippen molar-refractivity contribution < 1.29 is 13.9 Å². The molecular weight excluding hydrogens is 223 g/mol. The lowest BCUT2D eigenvalue weighted by atomic mass is 10.1. The smallest absolute Gasteiger partial charge is 0.250 e. The zero-order valence-electron chi connectivity index (χ0n) is 10.00. The van der Waals surface area contributed by atoms with Gasteiger partial charge in [-0.25, -0.2) is 4.39 Å². The van der Waals surface area contributed by atoms with Crippen LogP contribution >= 0.6 is 0 Å². The first-order chi connectivity index (χ1) is 8.08. The SMILES string of the molecule is COC(CN)C(=O)NCc1ccc(C)c(F)c1. The minimum atomic E-state index is -0.662. The number of nitrogens with one attached hydrogen (secondary N) is 1. The van der Waals surface area contributed by atoms with Crippen LogP contribution in [0.5, 0.6) is 0 Å². The van der Waals surface area contributed by atoms with Gasteiger partial charge in [0.2, 0.25) is 0 Å². The Hall–Kier alpha value is -1.46. The number of carbonyl (C=O) groups excluding carboxylic acids is 1. The van der Waals surface area contributed by atoms with E-state index in [1.54, 1.807) is 19.1 Å². The number of hydrogen-bond acceptors (Lipinski definition) is 3. The summed E-state index contributed by atoms with van der Waals surface area (Å²) < 4.78 is 18.1. The Morgan fingerprint density at radius 2 is 2.29 bits per heavy atom. The van der Waals surface area contributed by atoms with E-state index in [1.165, 1.54) is 13.2 Å². The van der Waals surface area contributed by atoms with Crippen molar-refractivity contribution in [2.24, 2.45) is 5.73 Å². The summed E-state index contributed by atoms with van der Waals surface area (Å²) in [5, 5.41) is 2.64.